The zero-order valence-corrected chi connectivity index (χ0v) is 9.60. The Bertz CT molecular complexity index is 505. The number of β-lactam (4-membered cyclic amide) rings is 1. The lowest BCUT2D eigenvalue weighted by molar-refractivity contribution is -0.134. The number of hydrogen-bond donors (Lipinski definition) is 3. The quantitative estimate of drug-likeness (QED) is 0.627. The van der Waals surface area contributed by atoms with Crippen LogP contribution in [-0.4, -0.2) is 23.8 Å². The van der Waals surface area contributed by atoms with Gasteiger partial charge in [-0.25, -0.2) is 0 Å². The summed E-state index contributed by atoms with van der Waals surface area (Å²) in [6.07, 6.45) is 0.344. The number of carbonyl (C=O) groups excluding carboxylic acids is 3. The molecule has 0 saturated carbocycles. The van der Waals surface area contributed by atoms with E-state index in [1.807, 2.05) is 0 Å². The first-order chi connectivity index (χ1) is 8.54. The summed E-state index contributed by atoms with van der Waals surface area (Å²) in [6.45, 7) is 0. The van der Waals surface area contributed by atoms with Crippen molar-refractivity contribution in [2.45, 2.75) is 18.9 Å². The first kappa shape index (κ1) is 12.1. The van der Waals surface area contributed by atoms with Crippen LogP contribution in [0.1, 0.15) is 12.0 Å². The normalized spacial score (nSPS) is 17.6. The summed E-state index contributed by atoms with van der Waals surface area (Å²) in [6, 6.07) is 6.42. The van der Waals surface area contributed by atoms with Gasteiger partial charge in [-0.2, -0.15) is 0 Å². The second kappa shape index (κ2) is 4.87. The van der Waals surface area contributed by atoms with Crippen LogP contribution in [-0.2, 0) is 20.8 Å². The van der Waals surface area contributed by atoms with E-state index >= 15 is 0 Å². The number of nitrogens with two attached hydrogens (primary N) is 1. The van der Waals surface area contributed by atoms with Gasteiger partial charge in [-0.3, -0.25) is 14.4 Å². The van der Waals surface area contributed by atoms with E-state index in [1.54, 1.807) is 24.3 Å². The van der Waals surface area contributed by atoms with Crippen LogP contribution in [0.5, 0.6) is 0 Å². The topological polar surface area (TPSA) is 101 Å². The van der Waals surface area contributed by atoms with E-state index in [0.29, 0.717) is 5.69 Å². The zero-order valence-electron chi connectivity index (χ0n) is 9.60. The summed E-state index contributed by atoms with van der Waals surface area (Å²) in [4.78, 5) is 33.1. The first-order valence-electron chi connectivity index (χ1n) is 5.52. The van der Waals surface area contributed by atoms with Crippen LogP contribution in [0.3, 0.4) is 0 Å². The SMILES string of the molecule is NC(=O)Cc1cccc(NC(=O)C2CC(=O)N2)c1. The molecule has 1 saturated heterocycles. The molecule has 18 heavy (non-hydrogen) atoms. The van der Waals surface area contributed by atoms with Crippen molar-refractivity contribution < 1.29 is 14.4 Å². The lowest BCUT2D eigenvalue weighted by Gasteiger charge is -2.25. The molecule has 1 aliphatic rings. The fraction of sp³-hybridized carbons (Fsp3) is 0.250. The molecule has 1 aromatic carbocycles. The third kappa shape index (κ3) is 2.85. The Hall–Kier alpha value is -2.37. The number of carbonyl (C=O) groups is 3. The van der Waals surface area contributed by atoms with E-state index in [9.17, 15) is 14.4 Å². The Labute approximate surface area is 104 Å². The number of anilines is 1. The van der Waals surface area contributed by atoms with Crippen molar-refractivity contribution in [3.63, 3.8) is 0 Å². The number of rotatable bonds is 4. The minimum absolute atomic E-state index is 0.127. The number of primary amides is 1. The molecule has 3 amide bonds. The van der Waals surface area contributed by atoms with Crippen molar-refractivity contribution in [2.24, 2.45) is 5.73 Å². The van der Waals surface area contributed by atoms with Gasteiger partial charge in [-0.15, -0.1) is 0 Å². The molecular weight excluding hydrogens is 234 g/mol. The van der Waals surface area contributed by atoms with E-state index in [2.05, 4.69) is 10.6 Å². The minimum Gasteiger partial charge on any atom is -0.369 e. The highest BCUT2D eigenvalue weighted by Crippen LogP contribution is 2.13. The van der Waals surface area contributed by atoms with Crippen LogP contribution in [0, 0.1) is 0 Å². The third-order valence-corrected chi connectivity index (χ3v) is 2.61. The Kier molecular flexibility index (Phi) is 3.27. The number of benzene rings is 1. The Balaban J connectivity index is 1.98. The van der Waals surface area contributed by atoms with E-state index in [1.165, 1.54) is 0 Å². The highest BCUT2D eigenvalue weighted by Gasteiger charge is 2.31. The van der Waals surface area contributed by atoms with Gasteiger partial charge in [0.05, 0.1) is 12.8 Å². The molecule has 0 bridgehead atoms. The van der Waals surface area contributed by atoms with Crippen molar-refractivity contribution in [2.75, 3.05) is 5.32 Å². The summed E-state index contributed by atoms with van der Waals surface area (Å²) >= 11 is 0. The van der Waals surface area contributed by atoms with Gasteiger partial charge in [0, 0.05) is 5.69 Å². The lowest BCUT2D eigenvalue weighted by atomic mass is 10.1. The van der Waals surface area contributed by atoms with Crippen molar-refractivity contribution in [1.82, 2.24) is 5.32 Å². The minimum atomic E-state index is -0.461. The van der Waals surface area contributed by atoms with E-state index in [0.717, 1.165) is 5.56 Å². The fourth-order valence-electron chi connectivity index (χ4n) is 1.71. The van der Waals surface area contributed by atoms with Gasteiger partial charge in [-0.1, -0.05) is 12.1 Å². The lowest BCUT2D eigenvalue weighted by Crippen LogP contribution is -2.55. The summed E-state index contributed by atoms with van der Waals surface area (Å²) in [5.74, 6) is -0.812. The van der Waals surface area contributed by atoms with Crippen LogP contribution in [0.25, 0.3) is 0 Å². The maximum Gasteiger partial charge on any atom is 0.247 e. The molecular formula is C12H13N3O3. The average Bonchev–Trinajstić information content (AvgIpc) is 2.24. The molecule has 1 fully saturated rings. The van der Waals surface area contributed by atoms with Gasteiger partial charge in [0.2, 0.25) is 17.7 Å². The molecule has 6 nitrogen and oxygen atoms in total. The van der Waals surface area contributed by atoms with Gasteiger partial charge in [0.15, 0.2) is 0 Å². The maximum atomic E-state index is 11.7. The monoisotopic (exact) mass is 247 g/mol. The summed E-state index contributed by atoms with van der Waals surface area (Å²) < 4.78 is 0. The van der Waals surface area contributed by atoms with E-state index < -0.39 is 11.9 Å². The highest BCUT2D eigenvalue weighted by molar-refractivity contribution is 6.03. The van der Waals surface area contributed by atoms with Crippen LogP contribution in [0.4, 0.5) is 5.69 Å². The molecule has 0 aromatic heterocycles. The molecule has 0 aliphatic carbocycles. The molecule has 94 valence electrons. The zero-order chi connectivity index (χ0) is 13.1. The molecule has 2 rings (SSSR count). The molecule has 0 radical (unpaired) electrons. The van der Waals surface area contributed by atoms with Crippen LogP contribution in [0.15, 0.2) is 24.3 Å². The number of amides is 3. The molecule has 1 aliphatic heterocycles. The third-order valence-electron chi connectivity index (χ3n) is 2.61. The van der Waals surface area contributed by atoms with Crippen molar-refractivity contribution in [1.29, 1.82) is 0 Å². The summed E-state index contributed by atoms with van der Waals surface area (Å²) in [5, 5.41) is 5.16. The van der Waals surface area contributed by atoms with Crippen molar-refractivity contribution in [3.8, 4) is 0 Å². The Morgan fingerprint density at radius 2 is 2.17 bits per heavy atom. The largest absolute Gasteiger partial charge is 0.369 e. The second-order valence-electron chi connectivity index (χ2n) is 4.16. The Morgan fingerprint density at radius 3 is 2.78 bits per heavy atom. The molecule has 1 unspecified atom stereocenters. The van der Waals surface area contributed by atoms with Gasteiger partial charge in [-0.05, 0) is 17.7 Å². The van der Waals surface area contributed by atoms with Crippen LogP contribution >= 0.6 is 0 Å². The molecule has 1 aromatic rings. The molecule has 6 heteroatoms. The molecule has 1 atom stereocenters. The summed E-state index contributed by atoms with van der Waals surface area (Å²) in [5.41, 5.74) is 6.41. The number of nitrogens with one attached hydrogen (secondary N) is 2. The van der Waals surface area contributed by atoms with E-state index in [4.69, 9.17) is 5.73 Å². The predicted molar refractivity (Wildman–Crippen MR) is 64.5 cm³/mol. The van der Waals surface area contributed by atoms with Gasteiger partial charge in [0.1, 0.15) is 6.04 Å². The van der Waals surface area contributed by atoms with Crippen LogP contribution < -0.4 is 16.4 Å². The second-order valence-corrected chi connectivity index (χ2v) is 4.16. The van der Waals surface area contributed by atoms with Gasteiger partial charge in [0.25, 0.3) is 0 Å². The predicted octanol–water partition coefficient (Wildman–Crippen LogP) is -0.459. The molecule has 1 heterocycles. The van der Waals surface area contributed by atoms with E-state index in [-0.39, 0.29) is 24.7 Å². The smallest absolute Gasteiger partial charge is 0.247 e. The molecule has 0 spiro atoms. The Morgan fingerprint density at radius 1 is 1.44 bits per heavy atom. The summed E-state index contributed by atoms with van der Waals surface area (Å²) in [7, 11) is 0. The van der Waals surface area contributed by atoms with Crippen molar-refractivity contribution in [3.05, 3.63) is 29.8 Å². The van der Waals surface area contributed by atoms with Crippen LogP contribution in [0.2, 0.25) is 0 Å². The highest BCUT2D eigenvalue weighted by atomic mass is 16.2. The standard InChI is InChI=1S/C12H13N3O3/c13-10(16)5-7-2-1-3-8(4-7)14-12(18)9-6-11(17)15-9/h1-4,9H,5-6H2,(H2,13,16)(H,14,18)(H,15,17). The van der Waals surface area contributed by atoms with Gasteiger partial charge >= 0.3 is 0 Å². The number of hydrogen-bond acceptors (Lipinski definition) is 3. The maximum absolute atomic E-state index is 11.7. The molecule has 4 N–H and O–H groups in total. The average molecular weight is 247 g/mol. The fourth-order valence-corrected chi connectivity index (χ4v) is 1.71. The first-order valence-corrected chi connectivity index (χ1v) is 5.52. The van der Waals surface area contributed by atoms with Crippen molar-refractivity contribution >= 4 is 23.4 Å². The van der Waals surface area contributed by atoms with Gasteiger partial charge < -0.3 is 16.4 Å².